The number of aromatic hydroxyl groups is 1. The van der Waals surface area contributed by atoms with Crippen LogP contribution in [0.1, 0.15) is 11.1 Å². The molecule has 0 aromatic heterocycles. The highest BCUT2D eigenvalue weighted by molar-refractivity contribution is 5.64. The first-order chi connectivity index (χ1) is 8.77. The molecule has 2 aromatic carbocycles. The smallest absolute Gasteiger partial charge is 0.120 e. The summed E-state index contributed by atoms with van der Waals surface area (Å²) in [5.74, 6) is 0.329. The molecule has 0 aliphatic heterocycles. The molecule has 2 nitrogen and oxygen atoms in total. The van der Waals surface area contributed by atoms with Crippen LogP contribution in [0.3, 0.4) is 0 Å². The Morgan fingerprint density at radius 1 is 1.00 bits per heavy atom. The molecule has 92 valence electrons. The molecule has 2 heteroatoms. The minimum Gasteiger partial charge on any atom is -0.508 e. The van der Waals surface area contributed by atoms with Gasteiger partial charge in [-0.15, -0.1) is 0 Å². The summed E-state index contributed by atoms with van der Waals surface area (Å²) >= 11 is 0. The summed E-state index contributed by atoms with van der Waals surface area (Å²) in [6.45, 7) is 5.40. The predicted molar refractivity (Wildman–Crippen MR) is 75.3 cm³/mol. The average molecular weight is 239 g/mol. The van der Waals surface area contributed by atoms with Crippen LogP contribution >= 0.6 is 0 Å². The van der Waals surface area contributed by atoms with Crippen LogP contribution in [0.2, 0.25) is 0 Å². The molecule has 0 bridgehead atoms. The van der Waals surface area contributed by atoms with Crippen molar-refractivity contribution in [3.8, 4) is 5.75 Å². The van der Waals surface area contributed by atoms with E-state index < -0.39 is 0 Å². The van der Waals surface area contributed by atoms with Gasteiger partial charge in [0, 0.05) is 18.7 Å². The third-order valence-corrected chi connectivity index (χ3v) is 2.83. The highest BCUT2D eigenvalue weighted by Gasteiger charge is 2.00. The molecule has 2 aromatic rings. The van der Waals surface area contributed by atoms with E-state index in [2.05, 4.69) is 11.9 Å². The van der Waals surface area contributed by atoms with E-state index in [9.17, 15) is 5.11 Å². The minimum atomic E-state index is 0.329. The van der Waals surface area contributed by atoms with Crippen molar-refractivity contribution in [3.05, 3.63) is 72.3 Å². The number of hydrogen-bond donors (Lipinski definition) is 2. The van der Waals surface area contributed by atoms with E-state index in [0.717, 1.165) is 16.7 Å². The number of para-hydroxylation sites is 1. The summed E-state index contributed by atoms with van der Waals surface area (Å²) in [4.78, 5) is 0. The van der Waals surface area contributed by atoms with Crippen molar-refractivity contribution in [1.29, 1.82) is 0 Å². The zero-order valence-corrected chi connectivity index (χ0v) is 10.3. The molecule has 0 spiro atoms. The van der Waals surface area contributed by atoms with E-state index in [1.807, 2.05) is 48.5 Å². The highest BCUT2D eigenvalue weighted by Crippen LogP contribution is 2.15. The van der Waals surface area contributed by atoms with Crippen LogP contribution in [-0.2, 0) is 6.54 Å². The molecule has 0 saturated heterocycles. The zero-order valence-electron chi connectivity index (χ0n) is 10.3. The van der Waals surface area contributed by atoms with Crippen LogP contribution in [0.15, 0.2) is 61.2 Å². The van der Waals surface area contributed by atoms with Crippen LogP contribution in [-0.4, -0.2) is 11.7 Å². The van der Waals surface area contributed by atoms with Crippen LogP contribution in [0.25, 0.3) is 5.57 Å². The molecule has 0 radical (unpaired) electrons. The molecule has 0 fully saturated rings. The number of rotatable bonds is 5. The van der Waals surface area contributed by atoms with Gasteiger partial charge in [0.25, 0.3) is 0 Å². The summed E-state index contributed by atoms with van der Waals surface area (Å²) in [5.41, 5.74) is 3.09. The summed E-state index contributed by atoms with van der Waals surface area (Å²) in [6, 6.07) is 17.4. The molecule has 2 rings (SSSR count). The maximum atomic E-state index is 9.63. The number of phenols is 1. The monoisotopic (exact) mass is 239 g/mol. The first-order valence-electron chi connectivity index (χ1n) is 5.98. The summed E-state index contributed by atoms with van der Waals surface area (Å²) < 4.78 is 0. The van der Waals surface area contributed by atoms with Crippen LogP contribution in [0.5, 0.6) is 5.75 Å². The lowest BCUT2D eigenvalue weighted by Gasteiger charge is -2.09. The van der Waals surface area contributed by atoms with Gasteiger partial charge in [0.1, 0.15) is 5.75 Å². The van der Waals surface area contributed by atoms with E-state index in [1.54, 1.807) is 6.07 Å². The SMILES string of the molecule is C=C(CNCc1ccccc1O)c1ccccc1. The van der Waals surface area contributed by atoms with Gasteiger partial charge >= 0.3 is 0 Å². The molecule has 2 N–H and O–H groups in total. The predicted octanol–water partition coefficient (Wildman–Crippen LogP) is 3.20. The summed E-state index contributed by atoms with van der Waals surface area (Å²) in [6.07, 6.45) is 0. The number of benzene rings is 2. The number of nitrogens with one attached hydrogen (secondary N) is 1. The molecular weight excluding hydrogens is 222 g/mol. The minimum absolute atomic E-state index is 0.329. The van der Waals surface area contributed by atoms with Gasteiger partial charge in [0.2, 0.25) is 0 Å². The molecular formula is C16H17NO. The third-order valence-electron chi connectivity index (χ3n) is 2.83. The van der Waals surface area contributed by atoms with Gasteiger partial charge in [-0.3, -0.25) is 0 Å². The van der Waals surface area contributed by atoms with Crippen molar-refractivity contribution in [2.75, 3.05) is 6.54 Å². The summed E-state index contributed by atoms with van der Waals surface area (Å²) in [7, 11) is 0. The molecule has 0 amide bonds. The van der Waals surface area contributed by atoms with Gasteiger partial charge in [-0.25, -0.2) is 0 Å². The Morgan fingerprint density at radius 3 is 2.39 bits per heavy atom. The fraction of sp³-hybridized carbons (Fsp3) is 0.125. The zero-order chi connectivity index (χ0) is 12.8. The lowest BCUT2D eigenvalue weighted by atomic mass is 10.1. The highest BCUT2D eigenvalue weighted by atomic mass is 16.3. The second-order valence-electron chi connectivity index (χ2n) is 4.20. The molecule has 0 aliphatic carbocycles. The van der Waals surface area contributed by atoms with Gasteiger partial charge in [-0.2, -0.15) is 0 Å². The van der Waals surface area contributed by atoms with E-state index in [-0.39, 0.29) is 0 Å². The van der Waals surface area contributed by atoms with Crippen molar-refractivity contribution in [1.82, 2.24) is 5.32 Å². The second kappa shape index (κ2) is 6.03. The second-order valence-corrected chi connectivity index (χ2v) is 4.20. The van der Waals surface area contributed by atoms with Crippen molar-refractivity contribution in [2.45, 2.75) is 6.54 Å². The van der Waals surface area contributed by atoms with E-state index in [0.29, 0.717) is 18.8 Å². The maximum absolute atomic E-state index is 9.63. The molecule has 18 heavy (non-hydrogen) atoms. The standard InChI is InChI=1S/C16H17NO/c1-13(14-7-3-2-4-8-14)11-17-12-15-9-5-6-10-16(15)18/h2-10,17-18H,1,11-12H2. The lowest BCUT2D eigenvalue weighted by Crippen LogP contribution is -2.15. The Balaban J connectivity index is 1.86. The van der Waals surface area contributed by atoms with Crippen LogP contribution in [0.4, 0.5) is 0 Å². The first kappa shape index (κ1) is 12.4. The quantitative estimate of drug-likeness (QED) is 0.839. The van der Waals surface area contributed by atoms with Gasteiger partial charge in [-0.1, -0.05) is 55.1 Å². The molecule has 0 atom stereocenters. The molecule has 0 saturated carbocycles. The van der Waals surface area contributed by atoms with Gasteiger partial charge in [-0.05, 0) is 17.2 Å². The molecule has 0 unspecified atom stereocenters. The van der Waals surface area contributed by atoms with Crippen LogP contribution < -0.4 is 5.32 Å². The fourth-order valence-corrected chi connectivity index (χ4v) is 1.78. The Labute approximate surface area is 108 Å². The molecule has 0 aliphatic rings. The van der Waals surface area contributed by atoms with E-state index in [4.69, 9.17) is 0 Å². The van der Waals surface area contributed by atoms with Crippen molar-refractivity contribution in [2.24, 2.45) is 0 Å². The van der Waals surface area contributed by atoms with Crippen molar-refractivity contribution >= 4 is 5.57 Å². The average Bonchev–Trinajstić information content (AvgIpc) is 2.42. The van der Waals surface area contributed by atoms with E-state index in [1.165, 1.54) is 0 Å². The van der Waals surface area contributed by atoms with Gasteiger partial charge < -0.3 is 10.4 Å². The van der Waals surface area contributed by atoms with Gasteiger partial charge in [0.05, 0.1) is 0 Å². The number of phenolic OH excluding ortho intramolecular Hbond substituents is 1. The number of hydrogen-bond acceptors (Lipinski definition) is 2. The Kier molecular flexibility index (Phi) is 4.15. The van der Waals surface area contributed by atoms with Crippen molar-refractivity contribution in [3.63, 3.8) is 0 Å². The fourth-order valence-electron chi connectivity index (χ4n) is 1.78. The van der Waals surface area contributed by atoms with Crippen LogP contribution in [0, 0.1) is 0 Å². The normalized spacial score (nSPS) is 10.2. The Morgan fingerprint density at radius 2 is 1.67 bits per heavy atom. The summed E-state index contributed by atoms with van der Waals surface area (Å²) in [5, 5.41) is 12.9. The lowest BCUT2D eigenvalue weighted by molar-refractivity contribution is 0.465. The molecule has 0 heterocycles. The van der Waals surface area contributed by atoms with Gasteiger partial charge in [0.15, 0.2) is 0 Å². The van der Waals surface area contributed by atoms with Crippen molar-refractivity contribution < 1.29 is 5.11 Å². The largest absolute Gasteiger partial charge is 0.508 e. The topological polar surface area (TPSA) is 32.3 Å². The Hall–Kier alpha value is -2.06. The van der Waals surface area contributed by atoms with E-state index >= 15 is 0 Å². The third kappa shape index (κ3) is 3.22. The Bertz CT molecular complexity index is 520. The first-order valence-corrected chi connectivity index (χ1v) is 5.98. The maximum Gasteiger partial charge on any atom is 0.120 e.